The second kappa shape index (κ2) is 11.3. The van der Waals surface area contributed by atoms with Gasteiger partial charge in [-0.2, -0.15) is 0 Å². The van der Waals surface area contributed by atoms with Crippen LogP contribution in [-0.2, 0) is 15.6 Å². The summed E-state index contributed by atoms with van der Waals surface area (Å²) in [4.78, 5) is 21.2. The van der Waals surface area contributed by atoms with Gasteiger partial charge in [0.15, 0.2) is 5.96 Å². The van der Waals surface area contributed by atoms with Crippen LogP contribution in [0.25, 0.3) is 0 Å². The molecule has 7 nitrogen and oxygen atoms in total. The van der Waals surface area contributed by atoms with Gasteiger partial charge in [0.05, 0.1) is 6.54 Å². The fraction of sp³-hybridized carbons (Fsp3) is 0.636. The number of nitrogens with zero attached hydrogens (tertiary/aromatic N) is 3. The molecule has 2 aliphatic rings. The minimum Gasteiger partial charge on any atom is -0.368 e. The SMILES string of the molecule is CCS(=O)C1CCCC(NC(=NC)NCC(=O)N2CCN(c3ccccc3)CC2)C1. The van der Waals surface area contributed by atoms with Gasteiger partial charge < -0.3 is 20.4 Å². The summed E-state index contributed by atoms with van der Waals surface area (Å²) in [5, 5.41) is 6.87. The van der Waals surface area contributed by atoms with E-state index in [-0.39, 0.29) is 23.7 Å². The van der Waals surface area contributed by atoms with E-state index in [1.165, 1.54) is 5.69 Å². The van der Waals surface area contributed by atoms with E-state index < -0.39 is 10.8 Å². The number of para-hydroxylation sites is 1. The van der Waals surface area contributed by atoms with Crippen LogP contribution in [0.1, 0.15) is 32.6 Å². The van der Waals surface area contributed by atoms with E-state index in [0.717, 1.165) is 57.6 Å². The van der Waals surface area contributed by atoms with Gasteiger partial charge in [-0.15, -0.1) is 0 Å². The molecule has 0 bridgehead atoms. The first-order chi connectivity index (χ1) is 14.6. The number of hydrogen-bond donors (Lipinski definition) is 2. The standard InChI is InChI=1S/C22H35N5O2S/c1-3-30(29)20-11-7-8-18(16-20)25-22(23-2)24-17-21(28)27-14-12-26(13-15-27)19-9-5-4-6-10-19/h4-6,9-10,18,20H,3,7-8,11-17H2,1-2H3,(H2,23,24,25). The zero-order chi connectivity index (χ0) is 21.3. The molecular weight excluding hydrogens is 398 g/mol. The molecule has 3 atom stereocenters. The summed E-state index contributed by atoms with van der Waals surface area (Å²) in [6.45, 7) is 5.38. The van der Waals surface area contributed by atoms with Gasteiger partial charge in [-0.3, -0.25) is 14.0 Å². The van der Waals surface area contributed by atoms with Gasteiger partial charge in [-0.05, 0) is 31.4 Å². The third kappa shape index (κ3) is 6.20. The number of rotatable bonds is 6. The summed E-state index contributed by atoms with van der Waals surface area (Å²) < 4.78 is 12.2. The maximum Gasteiger partial charge on any atom is 0.242 e. The summed E-state index contributed by atoms with van der Waals surface area (Å²) in [6, 6.07) is 10.6. The van der Waals surface area contributed by atoms with Crippen LogP contribution < -0.4 is 15.5 Å². The lowest BCUT2D eigenvalue weighted by Gasteiger charge is -2.36. The maximum atomic E-state index is 12.7. The van der Waals surface area contributed by atoms with E-state index in [0.29, 0.717) is 5.96 Å². The Morgan fingerprint density at radius 2 is 1.90 bits per heavy atom. The van der Waals surface area contributed by atoms with Crippen LogP contribution >= 0.6 is 0 Å². The van der Waals surface area contributed by atoms with Crippen LogP contribution in [0.5, 0.6) is 0 Å². The zero-order valence-corrected chi connectivity index (χ0v) is 19.0. The molecule has 3 unspecified atom stereocenters. The van der Waals surface area contributed by atoms with Crippen molar-refractivity contribution in [1.82, 2.24) is 15.5 Å². The number of carbonyl (C=O) groups excluding carboxylic acids is 1. The second-order valence-electron chi connectivity index (χ2n) is 7.93. The van der Waals surface area contributed by atoms with Crippen molar-refractivity contribution < 1.29 is 9.00 Å². The average molecular weight is 434 g/mol. The Morgan fingerprint density at radius 1 is 1.17 bits per heavy atom. The Kier molecular flexibility index (Phi) is 8.54. The number of guanidine groups is 1. The molecule has 30 heavy (non-hydrogen) atoms. The highest BCUT2D eigenvalue weighted by Gasteiger charge is 2.26. The highest BCUT2D eigenvalue weighted by atomic mass is 32.2. The Morgan fingerprint density at radius 3 is 2.57 bits per heavy atom. The Bertz CT molecular complexity index is 734. The summed E-state index contributed by atoms with van der Waals surface area (Å²) in [5.74, 6) is 1.47. The Balaban J connectivity index is 1.42. The number of carbonyl (C=O) groups is 1. The van der Waals surface area contributed by atoms with Crippen molar-refractivity contribution in [3.8, 4) is 0 Å². The summed E-state index contributed by atoms with van der Waals surface area (Å²) in [5.41, 5.74) is 1.21. The number of aliphatic imine (C=N–C) groups is 1. The highest BCUT2D eigenvalue weighted by molar-refractivity contribution is 7.85. The number of nitrogens with one attached hydrogen (secondary N) is 2. The first-order valence-corrected chi connectivity index (χ1v) is 12.4. The molecule has 0 aromatic heterocycles. The molecule has 1 aliphatic carbocycles. The quantitative estimate of drug-likeness (QED) is 0.526. The lowest BCUT2D eigenvalue weighted by molar-refractivity contribution is -0.130. The second-order valence-corrected chi connectivity index (χ2v) is 9.93. The zero-order valence-electron chi connectivity index (χ0n) is 18.2. The van der Waals surface area contributed by atoms with Gasteiger partial charge in [0.25, 0.3) is 0 Å². The number of hydrogen-bond acceptors (Lipinski definition) is 4. The van der Waals surface area contributed by atoms with Crippen molar-refractivity contribution >= 4 is 28.4 Å². The van der Waals surface area contributed by atoms with Crippen LogP contribution in [0.15, 0.2) is 35.3 Å². The van der Waals surface area contributed by atoms with Crippen molar-refractivity contribution in [1.29, 1.82) is 0 Å². The lowest BCUT2D eigenvalue weighted by Crippen LogP contribution is -2.53. The molecule has 166 valence electrons. The highest BCUT2D eigenvalue weighted by Crippen LogP contribution is 2.23. The van der Waals surface area contributed by atoms with Gasteiger partial charge in [0.1, 0.15) is 0 Å². The summed E-state index contributed by atoms with van der Waals surface area (Å²) in [6.07, 6.45) is 4.07. The molecule has 1 aromatic carbocycles. The molecule has 8 heteroatoms. The van der Waals surface area contributed by atoms with Gasteiger partial charge >= 0.3 is 0 Å². The van der Waals surface area contributed by atoms with Gasteiger partial charge in [-0.25, -0.2) is 0 Å². The summed E-state index contributed by atoms with van der Waals surface area (Å²) in [7, 11) is 0.978. The Hall–Kier alpha value is -2.09. The van der Waals surface area contributed by atoms with E-state index in [9.17, 15) is 9.00 Å². The lowest BCUT2D eigenvalue weighted by atomic mass is 9.95. The van der Waals surface area contributed by atoms with Crippen molar-refractivity contribution in [3.05, 3.63) is 30.3 Å². The molecule has 3 rings (SSSR count). The van der Waals surface area contributed by atoms with Gasteiger partial charge in [0, 0.05) is 66.8 Å². The average Bonchev–Trinajstić information content (AvgIpc) is 2.81. The minimum atomic E-state index is -0.747. The number of benzene rings is 1. The summed E-state index contributed by atoms with van der Waals surface area (Å²) >= 11 is 0. The van der Waals surface area contributed by atoms with Crippen LogP contribution in [0.4, 0.5) is 5.69 Å². The molecule has 2 N–H and O–H groups in total. The number of amides is 1. The van der Waals surface area contributed by atoms with E-state index >= 15 is 0 Å². The topological polar surface area (TPSA) is 77.0 Å². The predicted molar refractivity (Wildman–Crippen MR) is 124 cm³/mol. The van der Waals surface area contributed by atoms with E-state index in [1.54, 1.807) is 7.05 Å². The van der Waals surface area contributed by atoms with E-state index in [2.05, 4.69) is 32.7 Å². The van der Waals surface area contributed by atoms with Gasteiger partial charge in [-0.1, -0.05) is 31.5 Å². The molecule has 1 aliphatic heterocycles. The van der Waals surface area contributed by atoms with Gasteiger partial charge in [0.2, 0.25) is 5.91 Å². The van der Waals surface area contributed by atoms with Crippen LogP contribution in [0, 0.1) is 0 Å². The first kappa shape index (κ1) is 22.6. The first-order valence-electron chi connectivity index (χ1n) is 11.0. The smallest absolute Gasteiger partial charge is 0.242 e. The van der Waals surface area contributed by atoms with Crippen LogP contribution in [0.2, 0.25) is 0 Å². The molecule has 2 fully saturated rings. The van der Waals surface area contributed by atoms with Crippen molar-refractivity contribution in [2.75, 3.05) is 50.4 Å². The third-order valence-corrected chi connectivity index (χ3v) is 7.75. The molecular formula is C22H35N5O2S. The molecule has 0 spiro atoms. The van der Waals surface area contributed by atoms with E-state index in [4.69, 9.17) is 0 Å². The predicted octanol–water partition coefficient (Wildman–Crippen LogP) is 1.58. The normalized spacial score (nSPS) is 23.7. The van der Waals surface area contributed by atoms with Crippen LogP contribution in [-0.4, -0.2) is 77.8 Å². The number of piperazine rings is 1. The molecule has 1 saturated carbocycles. The third-order valence-electron chi connectivity index (χ3n) is 6.01. The Labute approximate surface area is 182 Å². The molecule has 1 amide bonds. The van der Waals surface area contributed by atoms with Crippen molar-refractivity contribution in [3.63, 3.8) is 0 Å². The fourth-order valence-corrected chi connectivity index (χ4v) is 5.61. The largest absolute Gasteiger partial charge is 0.368 e. The monoisotopic (exact) mass is 433 g/mol. The molecule has 1 heterocycles. The number of anilines is 1. The van der Waals surface area contributed by atoms with Crippen LogP contribution in [0.3, 0.4) is 0 Å². The molecule has 0 radical (unpaired) electrons. The minimum absolute atomic E-state index is 0.0965. The van der Waals surface area contributed by atoms with Crippen molar-refractivity contribution in [2.24, 2.45) is 4.99 Å². The maximum absolute atomic E-state index is 12.7. The van der Waals surface area contributed by atoms with Crippen molar-refractivity contribution in [2.45, 2.75) is 43.9 Å². The van der Waals surface area contributed by atoms with E-state index in [1.807, 2.05) is 30.0 Å². The molecule has 1 aromatic rings. The molecule has 1 saturated heterocycles. The fourth-order valence-electron chi connectivity index (χ4n) is 4.26.